The summed E-state index contributed by atoms with van der Waals surface area (Å²) >= 11 is 1.69. The average Bonchev–Trinajstić information content (AvgIpc) is 3.10. The normalized spacial score (nSPS) is 11.6. The van der Waals surface area contributed by atoms with Crippen molar-refractivity contribution in [1.82, 2.24) is 15.8 Å². The number of nitrogens with one attached hydrogen (secondary N) is 2. The lowest BCUT2D eigenvalue weighted by atomic mass is 10.3. The Morgan fingerprint density at radius 1 is 1.42 bits per heavy atom. The van der Waals surface area contributed by atoms with Gasteiger partial charge >= 0.3 is 0 Å². The molecule has 6 heteroatoms. The van der Waals surface area contributed by atoms with Crippen LogP contribution in [0.3, 0.4) is 0 Å². The van der Waals surface area contributed by atoms with E-state index in [0.717, 1.165) is 30.4 Å². The van der Waals surface area contributed by atoms with Crippen molar-refractivity contribution in [2.45, 2.75) is 26.4 Å². The number of rotatable bonds is 5. The van der Waals surface area contributed by atoms with Crippen LogP contribution in [0.1, 0.15) is 23.9 Å². The Labute approximate surface area is 116 Å². The highest BCUT2D eigenvalue weighted by molar-refractivity contribution is 7.07. The highest BCUT2D eigenvalue weighted by Gasteiger charge is 2.04. The minimum Gasteiger partial charge on any atom is -0.359 e. The van der Waals surface area contributed by atoms with Gasteiger partial charge < -0.3 is 15.2 Å². The van der Waals surface area contributed by atoms with Crippen LogP contribution in [0.4, 0.5) is 0 Å². The molecule has 2 aromatic heterocycles. The monoisotopic (exact) mass is 278 g/mol. The van der Waals surface area contributed by atoms with Crippen LogP contribution in [0.5, 0.6) is 0 Å². The van der Waals surface area contributed by atoms with Crippen LogP contribution >= 0.6 is 11.3 Å². The van der Waals surface area contributed by atoms with Gasteiger partial charge in [-0.05, 0) is 28.8 Å². The van der Waals surface area contributed by atoms with E-state index in [1.165, 1.54) is 5.56 Å². The van der Waals surface area contributed by atoms with E-state index in [1.807, 2.05) is 6.07 Å². The molecule has 0 spiro atoms. The number of thiophene rings is 1. The van der Waals surface area contributed by atoms with Gasteiger partial charge in [0.1, 0.15) is 0 Å². The van der Waals surface area contributed by atoms with Crippen molar-refractivity contribution < 1.29 is 4.52 Å². The lowest BCUT2D eigenvalue weighted by Gasteiger charge is -2.09. The van der Waals surface area contributed by atoms with E-state index in [0.29, 0.717) is 6.54 Å². The Morgan fingerprint density at radius 2 is 2.26 bits per heavy atom. The average molecular weight is 278 g/mol. The molecule has 19 heavy (non-hydrogen) atoms. The highest BCUT2D eigenvalue weighted by Crippen LogP contribution is 2.05. The molecule has 0 aromatic carbocycles. The molecule has 0 radical (unpaired) electrons. The minimum absolute atomic E-state index is 0.580. The zero-order valence-corrected chi connectivity index (χ0v) is 12.0. The highest BCUT2D eigenvalue weighted by atomic mass is 32.1. The summed E-state index contributed by atoms with van der Waals surface area (Å²) in [6, 6.07) is 4.05. The molecule has 0 saturated heterocycles. The molecule has 0 aliphatic carbocycles. The number of aryl methyl sites for hydroxylation is 1. The second-order valence-corrected chi connectivity index (χ2v) is 4.83. The van der Waals surface area contributed by atoms with E-state index in [-0.39, 0.29) is 0 Å². The molecule has 102 valence electrons. The lowest BCUT2D eigenvalue weighted by Crippen LogP contribution is -2.36. The second-order valence-electron chi connectivity index (χ2n) is 4.05. The van der Waals surface area contributed by atoms with Gasteiger partial charge in [-0.1, -0.05) is 12.1 Å². The van der Waals surface area contributed by atoms with Gasteiger partial charge in [0.05, 0.1) is 12.2 Å². The number of hydrogen-bond donors (Lipinski definition) is 2. The van der Waals surface area contributed by atoms with Gasteiger partial charge in [0.2, 0.25) is 0 Å². The summed E-state index contributed by atoms with van der Waals surface area (Å²) in [5, 5.41) is 14.6. The molecular formula is C13H18N4OS. The number of nitrogens with zero attached hydrogens (tertiary/aromatic N) is 2. The molecule has 0 fully saturated rings. The van der Waals surface area contributed by atoms with Crippen LogP contribution in [0.15, 0.2) is 32.4 Å². The fraction of sp³-hybridized carbons (Fsp3) is 0.385. The van der Waals surface area contributed by atoms with Crippen LogP contribution in [0, 0.1) is 0 Å². The molecule has 0 amide bonds. The van der Waals surface area contributed by atoms with Crippen LogP contribution < -0.4 is 10.6 Å². The summed E-state index contributed by atoms with van der Waals surface area (Å²) in [5.41, 5.74) is 2.22. The van der Waals surface area contributed by atoms with Crippen LogP contribution in [0.2, 0.25) is 0 Å². The molecule has 0 aliphatic heterocycles. The first kappa shape index (κ1) is 13.6. The third-order valence-electron chi connectivity index (χ3n) is 2.66. The first-order valence-corrected chi connectivity index (χ1v) is 7.16. The standard InChI is InChI=1S/C13H18N4OS/c1-3-11-6-12(18-17-11)8-16-13(14-2)15-7-10-4-5-19-9-10/h4-6,9H,3,7-8H2,1-2H3,(H2,14,15,16). The van der Waals surface area contributed by atoms with Crippen LogP contribution in [-0.4, -0.2) is 18.2 Å². The summed E-state index contributed by atoms with van der Waals surface area (Å²) in [4.78, 5) is 4.17. The predicted octanol–water partition coefficient (Wildman–Crippen LogP) is 2.16. The van der Waals surface area contributed by atoms with E-state index in [1.54, 1.807) is 18.4 Å². The molecular weight excluding hydrogens is 260 g/mol. The zero-order valence-electron chi connectivity index (χ0n) is 11.1. The van der Waals surface area contributed by atoms with E-state index in [4.69, 9.17) is 4.52 Å². The van der Waals surface area contributed by atoms with Crippen molar-refractivity contribution in [1.29, 1.82) is 0 Å². The van der Waals surface area contributed by atoms with Crippen molar-refractivity contribution >= 4 is 17.3 Å². The molecule has 2 aromatic rings. The molecule has 0 saturated carbocycles. The number of hydrogen-bond acceptors (Lipinski definition) is 4. The Morgan fingerprint density at radius 3 is 2.89 bits per heavy atom. The lowest BCUT2D eigenvalue weighted by molar-refractivity contribution is 0.374. The maximum atomic E-state index is 5.21. The quantitative estimate of drug-likeness (QED) is 0.650. The molecule has 0 unspecified atom stereocenters. The SMILES string of the molecule is CCc1cc(CNC(=NC)NCc2ccsc2)on1. The van der Waals surface area contributed by atoms with E-state index >= 15 is 0 Å². The van der Waals surface area contributed by atoms with Gasteiger partial charge in [-0.3, -0.25) is 4.99 Å². The van der Waals surface area contributed by atoms with Gasteiger partial charge in [0.25, 0.3) is 0 Å². The third kappa shape index (κ3) is 4.10. The summed E-state index contributed by atoms with van der Waals surface area (Å²) in [6.07, 6.45) is 0.884. The van der Waals surface area contributed by atoms with Crippen molar-refractivity contribution in [3.8, 4) is 0 Å². The fourth-order valence-corrected chi connectivity index (χ4v) is 2.24. The molecule has 0 bridgehead atoms. The second kappa shape index (κ2) is 6.94. The maximum Gasteiger partial charge on any atom is 0.191 e. The number of aromatic nitrogens is 1. The van der Waals surface area contributed by atoms with Gasteiger partial charge in [0, 0.05) is 19.7 Å². The van der Waals surface area contributed by atoms with Crippen molar-refractivity contribution in [2.24, 2.45) is 4.99 Å². The van der Waals surface area contributed by atoms with Crippen molar-refractivity contribution in [3.63, 3.8) is 0 Å². The third-order valence-corrected chi connectivity index (χ3v) is 3.40. The van der Waals surface area contributed by atoms with Crippen molar-refractivity contribution in [3.05, 3.63) is 39.9 Å². The zero-order chi connectivity index (χ0) is 13.5. The van der Waals surface area contributed by atoms with E-state index in [2.05, 4.69) is 44.5 Å². The van der Waals surface area contributed by atoms with Crippen LogP contribution in [-0.2, 0) is 19.5 Å². The molecule has 0 aliphatic rings. The first-order chi connectivity index (χ1) is 9.31. The topological polar surface area (TPSA) is 62.5 Å². The Balaban J connectivity index is 1.79. The van der Waals surface area contributed by atoms with Gasteiger partial charge in [-0.25, -0.2) is 0 Å². The molecule has 0 atom stereocenters. The fourth-order valence-electron chi connectivity index (χ4n) is 1.58. The molecule has 2 N–H and O–H groups in total. The Hall–Kier alpha value is -1.82. The van der Waals surface area contributed by atoms with Gasteiger partial charge in [-0.2, -0.15) is 11.3 Å². The summed E-state index contributed by atoms with van der Waals surface area (Å²) < 4.78 is 5.21. The molecule has 2 rings (SSSR count). The van der Waals surface area contributed by atoms with Crippen LogP contribution in [0.25, 0.3) is 0 Å². The number of aliphatic imine (C=N–C) groups is 1. The summed E-state index contributed by atoms with van der Waals surface area (Å²) in [5.74, 6) is 1.57. The first-order valence-electron chi connectivity index (χ1n) is 6.22. The largest absolute Gasteiger partial charge is 0.359 e. The maximum absolute atomic E-state index is 5.21. The smallest absolute Gasteiger partial charge is 0.191 e. The predicted molar refractivity (Wildman–Crippen MR) is 77.2 cm³/mol. The van der Waals surface area contributed by atoms with E-state index < -0.39 is 0 Å². The summed E-state index contributed by atoms with van der Waals surface area (Å²) in [7, 11) is 1.75. The Bertz CT molecular complexity index is 518. The minimum atomic E-state index is 0.580. The number of guanidine groups is 1. The molecule has 2 heterocycles. The van der Waals surface area contributed by atoms with E-state index in [9.17, 15) is 0 Å². The van der Waals surface area contributed by atoms with Gasteiger partial charge in [-0.15, -0.1) is 0 Å². The Kier molecular flexibility index (Phi) is 4.97. The van der Waals surface area contributed by atoms with Gasteiger partial charge in [0.15, 0.2) is 11.7 Å². The van der Waals surface area contributed by atoms with Crippen molar-refractivity contribution in [2.75, 3.05) is 7.05 Å². The molecule has 5 nitrogen and oxygen atoms in total. The summed E-state index contributed by atoms with van der Waals surface area (Å²) in [6.45, 7) is 3.40.